The Morgan fingerprint density at radius 1 is 1.13 bits per heavy atom. The van der Waals surface area contributed by atoms with Crippen molar-refractivity contribution in [2.75, 3.05) is 32.7 Å². The van der Waals surface area contributed by atoms with E-state index in [-0.39, 0.29) is 0 Å². The fourth-order valence-electron chi connectivity index (χ4n) is 4.22. The van der Waals surface area contributed by atoms with Gasteiger partial charge in [-0.25, -0.2) is 9.79 Å². The molecule has 3 aliphatic heterocycles. The molecule has 1 aromatic rings. The Bertz CT molecular complexity index is 1050. The van der Waals surface area contributed by atoms with Crippen LogP contribution in [0.4, 0.5) is 10.5 Å². The van der Waals surface area contributed by atoms with Crippen LogP contribution in [-0.4, -0.2) is 78.6 Å². The second kappa shape index (κ2) is 7.29. The number of likely N-dealkylation sites (N-methyl/N-ethyl adjacent to an activating group) is 1. The van der Waals surface area contributed by atoms with Crippen LogP contribution in [0.1, 0.15) is 19.4 Å². The van der Waals surface area contributed by atoms with Crippen LogP contribution >= 0.6 is 0 Å². The summed E-state index contributed by atoms with van der Waals surface area (Å²) in [7, 11) is 4.39. The number of carbonyl (C=O) groups is 3. The third kappa shape index (κ3) is 2.93. The molecule has 3 amide bonds. The van der Waals surface area contributed by atoms with Gasteiger partial charge < -0.3 is 14.4 Å². The lowest BCUT2D eigenvalue weighted by molar-refractivity contribution is -0.148. The van der Waals surface area contributed by atoms with Crippen molar-refractivity contribution in [3.63, 3.8) is 0 Å². The molecule has 0 aliphatic carbocycles. The summed E-state index contributed by atoms with van der Waals surface area (Å²) in [5, 5.41) is 0. The predicted molar refractivity (Wildman–Crippen MR) is 112 cm³/mol. The molecule has 10 heteroatoms. The van der Waals surface area contributed by atoms with Crippen LogP contribution in [0.2, 0.25) is 0 Å². The molecule has 0 bridgehead atoms. The normalized spacial score (nSPS) is 22.7. The molecule has 2 unspecified atom stereocenters. The van der Waals surface area contributed by atoms with Gasteiger partial charge >= 0.3 is 12.0 Å². The van der Waals surface area contributed by atoms with Crippen molar-refractivity contribution in [3.05, 3.63) is 35.2 Å². The highest BCUT2D eigenvalue weighted by Gasteiger charge is 2.56. The van der Waals surface area contributed by atoms with Gasteiger partial charge in [0, 0.05) is 18.4 Å². The number of aryl methyl sites for hydroxylation is 1. The zero-order chi connectivity index (χ0) is 22.6. The number of rotatable bonds is 4. The molecule has 1 aromatic carbocycles. The summed E-state index contributed by atoms with van der Waals surface area (Å²) >= 11 is 0. The van der Waals surface area contributed by atoms with E-state index in [1.165, 1.54) is 12.0 Å². The highest BCUT2D eigenvalue weighted by Crippen LogP contribution is 2.42. The molecule has 0 N–H and O–H groups in total. The van der Waals surface area contributed by atoms with E-state index in [2.05, 4.69) is 4.74 Å². The Kier molecular flexibility index (Phi) is 4.87. The largest absolute Gasteiger partial charge is 0.495 e. The summed E-state index contributed by atoms with van der Waals surface area (Å²) in [6, 6.07) is 4.48. The number of aliphatic imine (C=N–C) groups is 1. The topological polar surface area (TPSA) is 95.0 Å². The maximum atomic E-state index is 13.3. The molecule has 4 rings (SSSR count). The van der Waals surface area contributed by atoms with Gasteiger partial charge in [-0.3, -0.25) is 24.3 Å². The Morgan fingerprint density at radius 2 is 1.84 bits per heavy atom. The predicted octanol–water partition coefficient (Wildman–Crippen LogP) is 1.51. The first-order chi connectivity index (χ1) is 14.7. The van der Waals surface area contributed by atoms with Crippen molar-refractivity contribution in [2.24, 2.45) is 4.99 Å². The molecule has 164 valence electrons. The summed E-state index contributed by atoms with van der Waals surface area (Å²) in [6.07, 6.45) is -0.703. The number of esters is 1. The van der Waals surface area contributed by atoms with E-state index >= 15 is 0 Å². The lowest BCUT2D eigenvalue weighted by Gasteiger charge is -2.40. The number of nitrogens with zero attached hydrogens (tertiary/aromatic N) is 5. The number of allylic oxidation sites excluding steroid dienone is 2. The van der Waals surface area contributed by atoms with Crippen molar-refractivity contribution in [1.82, 2.24) is 14.7 Å². The smallest absolute Gasteiger partial charge is 0.328 e. The zero-order valence-corrected chi connectivity index (χ0v) is 18.4. The van der Waals surface area contributed by atoms with Crippen molar-refractivity contribution in [3.8, 4) is 5.75 Å². The van der Waals surface area contributed by atoms with Crippen molar-refractivity contribution >= 4 is 29.6 Å². The third-order valence-electron chi connectivity index (χ3n) is 5.98. The van der Waals surface area contributed by atoms with Gasteiger partial charge in [0.05, 0.1) is 19.9 Å². The van der Waals surface area contributed by atoms with E-state index < -0.39 is 36.7 Å². The van der Waals surface area contributed by atoms with E-state index in [4.69, 9.17) is 9.73 Å². The standard InChI is InChI=1S/C21H25N5O5/c1-11-7-8-15(30-5)14(9-11)25-12(2)13(3)26-17-18(22-20(25)26)23(4)21(29)24(19(17)28)10-16(27)31-6/h7-9,17-18H,10H2,1-6H3. The number of guanidine groups is 1. The monoisotopic (exact) mass is 427 g/mol. The van der Waals surface area contributed by atoms with Gasteiger partial charge in [0.2, 0.25) is 5.96 Å². The molecule has 31 heavy (non-hydrogen) atoms. The van der Waals surface area contributed by atoms with E-state index in [1.54, 1.807) is 14.2 Å². The van der Waals surface area contributed by atoms with Gasteiger partial charge in [0.25, 0.3) is 5.91 Å². The van der Waals surface area contributed by atoms with Crippen LogP contribution in [-0.2, 0) is 14.3 Å². The second-order valence-electron chi connectivity index (χ2n) is 7.73. The van der Waals surface area contributed by atoms with E-state index in [0.717, 1.165) is 27.5 Å². The average Bonchev–Trinajstić information content (AvgIpc) is 3.25. The average molecular weight is 427 g/mol. The molecule has 1 saturated heterocycles. The van der Waals surface area contributed by atoms with Crippen LogP contribution in [0.3, 0.4) is 0 Å². The second-order valence-corrected chi connectivity index (χ2v) is 7.73. The first-order valence-electron chi connectivity index (χ1n) is 9.85. The fourth-order valence-corrected chi connectivity index (χ4v) is 4.22. The number of imide groups is 1. The minimum Gasteiger partial charge on any atom is -0.495 e. The highest BCUT2D eigenvalue weighted by molar-refractivity contribution is 6.11. The van der Waals surface area contributed by atoms with Crippen LogP contribution < -0.4 is 9.64 Å². The molecular weight excluding hydrogens is 402 g/mol. The number of urea groups is 1. The van der Waals surface area contributed by atoms with Gasteiger partial charge in [-0.1, -0.05) is 6.07 Å². The minimum absolute atomic E-state index is 0.442. The summed E-state index contributed by atoms with van der Waals surface area (Å²) in [5.41, 5.74) is 3.58. The molecule has 2 atom stereocenters. The van der Waals surface area contributed by atoms with Gasteiger partial charge in [-0.2, -0.15) is 0 Å². The Morgan fingerprint density at radius 3 is 2.48 bits per heavy atom. The first kappa shape index (κ1) is 20.7. The molecule has 0 aromatic heterocycles. The molecule has 10 nitrogen and oxygen atoms in total. The van der Waals surface area contributed by atoms with E-state index in [1.807, 2.05) is 48.8 Å². The summed E-state index contributed by atoms with van der Waals surface area (Å²) in [6.45, 7) is 5.40. The highest BCUT2D eigenvalue weighted by atomic mass is 16.5. The number of carbonyl (C=O) groups excluding carboxylic acids is 3. The minimum atomic E-state index is -0.766. The molecular formula is C21H25N5O5. The summed E-state index contributed by atoms with van der Waals surface area (Å²) in [4.78, 5) is 48.7. The lowest BCUT2D eigenvalue weighted by atomic mass is 10.1. The number of ether oxygens (including phenoxy) is 2. The Balaban J connectivity index is 1.78. The quantitative estimate of drug-likeness (QED) is 0.672. The van der Waals surface area contributed by atoms with E-state index in [0.29, 0.717) is 11.7 Å². The van der Waals surface area contributed by atoms with Crippen molar-refractivity contribution < 1.29 is 23.9 Å². The Labute approximate surface area is 180 Å². The number of fused-ring (bicyclic) bond motifs is 3. The van der Waals surface area contributed by atoms with Crippen LogP contribution in [0.25, 0.3) is 0 Å². The molecule has 1 fully saturated rings. The zero-order valence-electron chi connectivity index (χ0n) is 18.4. The lowest BCUT2D eigenvalue weighted by Crippen LogP contribution is -2.65. The van der Waals surface area contributed by atoms with Gasteiger partial charge in [-0.05, 0) is 38.5 Å². The summed E-state index contributed by atoms with van der Waals surface area (Å²) in [5.74, 6) is 0.0631. The molecule has 0 spiro atoms. The molecule has 3 heterocycles. The number of hydrogen-bond acceptors (Lipinski definition) is 8. The van der Waals surface area contributed by atoms with Crippen LogP contribution in [0, 0.1) is 6.92 Å². The fraction of sp³-hybridized carbons (Fsp3) is 0.429. The van der Waals surface area contributed by atoms with E-state index in [9.17, 15) is 14.4 Å². The SMILES string of the molecule is COC(=O)CN1C(=O)C2C(N=C3N(c4cc(C)ccc4OC)C(C)=C(C)N32)N(C)C1=O. The molecule has 0 saturated carbocycles. The molecule has 3 aliphatic rings. The number of methoxy groups -OCH3 is 2. The van der Waals surface area contributed by atoms with Crippen molar-refractivity contribution in [2.45, 2.75) is 33.0 Å². The third-order valence-corrected chi connectivity index (χ3v) is 5.98. The van der Waals surface area contributed by atoms with Gasteiger partial charge in [-0.15, -0.1) is 0 Å². The number of amides is 3. The Hall–Kier alpha value is -3.56. The number of benzene rings is 1. The van der Waals surface area contributed by atoms with Crippen LogP contribution in [0.5, 0.6) is 5.75 Å². The number of hydrogen-bond donors (Lipinski definition) is 0. The van der Waals surface area contributed by atoms with Gasteiger partial charge in [0.15, 0.2) is 12.2 Å². The van der Waals surface area contributed by atoms with Gasteiger partial charge in [0.1, 0.15) is 12.3 Å². The number of anilines is 1. The maximum Gasteiger partial charge on any atom is 0.328 e. The van der Waals surface area contributed by atoms with Crippen molar-refractivity contribution in [1.29, 1.82) is 0 Å². The first-order valence-corrected chi connectivity index (χ1v) is 9.85. The maximum absolute atomic E-state index is 13.3. The summed E-state index contributed by atoms with van der Waals surface area (Å²) < 4.78 is 10.2. The van der Waals surface area contributed by atoms with Crippen LogP contribution in [0.15, 0.2) is 34.6 Å². The molecule has 0 radical (unpaired) electrons.